The topological polar surface area (TPSA) is 114 Å². The third kappa shape index (κ3) is 4.54. The first kappa shape index (κ1) is 16.9. The van der Waals surface area contributed by atoms with Crippen LogP contribution in [-0.2, 0) is 4.79 Å². The number of benzene rings is 2. The predicted octanol–water partition coefficient (Wildman–Crippen LogP) is 2.14. The van der Waals surface area contributed by atoms with Gasteiger partial charge in [0.25, 0.3) is 11.6 Å². The largest absolute Gasteiger partial charge is 0.507 e. The summed E-state index contributed by atoms with van der Waals surface area (Å²) in [6.45, 7) is 1.62. The maximum atomic E-state index is 11.7. The first-order valence-corrected chi connectivity index (χ1v) is 6.95. The molecule has 124 valence electrons. The van der Waals surface area contributed by atoms with Crippen molar-refractivity contribution in [1.82, 2.24) is 5.43 Å². The average Bonchev–Trinajstić information content (AvgIpc) is 2.55. The molecule has 2 aromatic carbocycles. The van der Waals surface area contributed by atoms with E-state index in [4.69, 9.17) is 4.74 Å². The predicted molar refractivity (Wildman–Crippen MR) is 87.2 cm³/mol. The quantitative estimate of drug-likeness (QED) is 0.479. The fourth-order valence-electron chi connectivity index (χ4n) is 1.83. The van der Waals surface area contributed by atoms with Gasteiger partial charge in [0.05, 0.1) is 11.1 Å². The number of carbonyl (C=O) groups is 1. The first-order valence-electron chi connectivity index (χ1n) is 6.95. The van der Waals surface area contributed by atoms with E-state index >= 15 is 0 Å². The fourth-order valence-corrected chi connectivity index (χ4v) is 1.83. The van der Waals surface area contributed by atoms with Crippen LogP contribution in [0.25, 0.3) is 0 Å². The monoisotopic (exact) mass is 329 g/mol. The molecule has 0 aliphatic rings. The second-order valence-corrected chi connectivity index (χ2v) is 4.85. The number of nitro groups is 1. The standard InChI is InChI=1S/C16H15N3O5/c1-11-4-2-3-5-15(11)24-10-16(21)18-17-9-12-8-13(19(22)23)6-7-14(12)20/h2-9,20H,10H2,1H3,(H,18,21)/b17-9+. The van der Waals surface area contributed by atoms with Crippen molar-refractivity contribution in [2.24, 2.45) is 5.10 Å². The zero-order chi connectivity index (χ0) is 17.5. The van der Waals surface area contributed by atoms with Crippen molar-refractivity contribution in [3.05, 3.63) is 63.7 Å². The Hall–Kier alpha value is -3.42. The summed E-state index contributed by atoms with van der Waals surface area (Å²) in [5, 5.41) is 24.0. The van der Waals surface area contributed by atoms with Crippen LogP contribution in [0.5, 0.6) is 11.5 Å². The minimum atomic E-state index is -0.592. The van der Waals surface area contributed by atoms with E-state index in [1.165, 1.54) is 12.1 Å². The number of phenolic OH excluding ortho intramolecular Hbond substituents is 1. The molecule has 2 N–H and O–H groups in total. The second kappa shape index (κ2) is 7.73. The van der Waals surface area contributed by atoms with E-state index < -0.39 is 10.8 Å². The first-order chi connectivity index (χ1) is 11.5. The number of nitro benzene ring substituents is 1. The smallest absolute Gasteiger partial charge is 0.277 e. The van der Waals surface area contributed by atoms with E-state index in [2.05, 4.69) is 10.5 Å². The number of ether oxygens (including phenoxy) is 1. The van der Waals surface area contributed by atoms with E-state index in [1.54, 1.807) is 12.1 Å². The number of para-hydroxylation sites is 1. The average molecular weight is 329 g/mol. The Balaban J connectivity index is 1.92. The fraction of sp³-hybridized carbons (Fsp3) is 0.125. The van der Waals surface area contributed by atoms with Crippen molar-refractivity contribution in [3.63, 3.8) is 0 Å². The molecular weight excluding hydrogens is 314 g/mol. The number of nitrogens with zero attached hydrogens (tertiary/aromatic N) is 2. The summed E-state index contributed by atoms with van der Waals surface area (Å²) >= 11 is 0. The Bertz CT molecular complexity index is 789. The molecule has 8 heteroatoms. The number of rotatable bonds is 6. The summed E-state index contributed by atoms with van der Waals surface area (Å²) in [5.74, 6) is -0.0952. The van der Waals surface area contributed by atoms with Gasteiger partial charge in [-0.1, -0.05) is 18.2 Å². The highest BCUT2D eigenvalue weighted by atomic mass is 16.6. The lowest BCUT2D eigenvalue weighted by Crippen LogP contribution is -2.24. The zero-order valence-electron chi connectivity index (χ0n) is 12.8. The highest BCUT2D eigenvalue weighted by molar-refractivity contribution is 5.86. The van der Waals surface area contributed by atoms with Gasteiger partial charge in [0, 0.05) is 17.7 Å². The molecule has 24 heavy (non-hydrogen) atoms. The molecular formula is C16H15N3O5. The van der Waals surface area contributed by atoms with Crippen LogP contribution in [0, 0.1) is 17.0 Å². The SMILES string of the molecule is Cc1ccccc1OCC(=O)N/N=C/c1cc([N+](=O)[O-])ccc1O. The van der Waals surface area contributed by atoms with Crippen LogP contribution in [0.15, 0.2) is 47.6 Å². The second-order valence-electron chi connectivity index (χ2n) is 4.85. The van der Waals surface area contributed by atoms with Crippen LogP contribution in [0.4, 0.5) is 5.69 Å². The maximum Gasteiger partial charge on any atom is 0.277 e. The third-order valence-corrected chi connectivity index (χ3v) is 3.07. The summed E-state index contributed by atoms with van der Waals surface area (Å²) in [6.07, 6.45) is 1.12. The molecule has 2 aromatic rings. The van der Waals surface area contributed by atoms with Gasteiger partial charge in [-0.3, -0.25) is 14.9 Å². The van der Waals surface area contributed by atoms with Crippen LogP contribution >= 0.6 is 0 Å². The summed E-state index contributed by atoms with van der Waals surface area (Å²) < 4.78 is 5.35. The molecule has 0 saturated carbocycles. The minimum absolute atomic E-state index is 0.115. The van der Waals surface area contributed by atoms with Crippen molar-refractivity contribution < 1.29 is 19.6 Å². The number of carbonyl (C=O) groups excluding carboxylic acids is 1. The number of phenols is 1. The third-order valence-electron chi connectivity index (χ3n) is 3.07. The molecule has 0 spiro atoms. The van der Waals surface area contributed by atoms with Crippen molar-refractivity contribution in [3.8, 4) is 11.5 Å². The van der Waals surface area contributed by atoms with E-state index in [1.807, 2.05) is 19.1 Å². The minimum Gasteiger partial charge on any atom is -0.507 e. The maximum absolute atomic E-state index is 11.7. The molecule has 2 rings (SSSR count). The normalized spacial score (nSPS) is 10.5. The summed E-state index contributed by atoms with van der Waals surface area (Å²) in [5.41, 5.74) is 3.04. The van der Waals surface area contributed by atoms with Gasteiger partial charge in [-0.15, -0.1) is 0 Å². The van der Waals surface area contributed by atoms with Gasteiger partial charge in [-0.25, -0.2) is 5.43 Å². The van der Waals surface area contributed by atoms with E-state index in [0.29, 0.717) is 5.75 Å². The molecule has 0 radical (unpaired) electrons. The molecule has 0 saturated heterocycles. The van der Waals surface area contributed by atoms with Crippen LogP contribution in [0.2, 0.25) is 0 Å². The Morgan fingerprint density at radius 2 is 2.12 bits per heavy atom. The number of non-ortho nitro benzene ring substituents is 1. The number of aromatic hydroxyl groups is 1. The van der Waals surface area contributed by atoms with Gasteiger partial charge >= 0.3 is 0 Å². The Labute approximate surface area is 137 Å². The molecule has 0 aliphatic heterocycles. The summed E-state index contributed by atoms with van der Waals surface area (Å²) in [4.78, 5) is 21.8. The molecule has 0 heterocycles. The lowest BCUT2D eigenvalue weighted by molar-refractivity contribution is -0.384. The van der Waals surface area contributed by atoms with Gasteiger partial charge in [-0.2, -0.15) is 5.10 Å². The number of nitrogens with one attached hydrogen (secondary N) is 1. The van der Waals surface area contributed by atoms with Crippen LogP contribution < -0.4 is 10.2 Å². The number of hydrogen-bond acceptors (Lipinski definition) is 6. The molecule has 1 amide bonds. The lowest BCUT2D eigenvalue weighted by Gasteiger charge is -2.07. The van der Waals surface area contributed by atoms with Crippen molar-refractivity contribution in [2.45, 2.75) is 6.92 Å². The lowest BCUT2D eigenvalue weighted by atomic mass is 10.2. The van der Waals surface area contributed by atoms with Crippen molar-refractivity contribution in [1.29, 1.82) is 0 Å². The molecule has 0 atom stereocenters. The molecule has 8 nitrogen and oxygen atoms in total. The van der Waals surface area contributed by atoms with Crippen molar-refractivity contribution in [2.75, 3.05) is 6.61 Å². The zero-order valence-corrected chi connectivity index (χ0v) is 12.8. The summed E-state index contributed by atoms with van der Waals surface area (Å²) in [7, 11) is 0. The van der Waals surface area contributed by atoms with Gasteiger partial charge < -0.3 is 9.84 Å². The van der Waals surface area contributed by atoms with Crippen molar-refractivity contribution >= 4 is 17.8 Å². The van der Waals surface area contributed by atoms with Crippen LogP contribution in [0.1, 0.15) is 11.1 Å². The van der Waals surface area contributed by atoms with Gasteiger partial charge in [0.2, 0.25) is 0 Å². The Morgan fingerprint density at radius 3 is 2.83 bits per heavy atom. The number of hydrazone groups is 1. The molecule has 0 bridgehead atoms. The summed E-state index contributed by atoms with van der Waals surface area (Å²) in [6, 6.07) is 10.8. The molecule has 0 aliphatic carbocycles. The highest BCUT2D eigenvalue weighted by Crippen LogP contribution is 2.21. The molecule has 0 aromatic heterocycles. The number of amides is 1. The van der Waals surface area contributed by atoms with E-state index in [9.17, 15) is 20.0 Å². The highest BCUT2D eigenvalue weighted by Gasteiger charge is 2.09. The van der Waals surface area contributed by atoms with Gasteiger partial charge in [0.1, 0.15) is 11.5 Å². The number of aryl methyl sites for hydroxylation is 1. The number of hydrogen-bond donors (Lipinski definition) is 2. The Morgan fingerprint density at radius 1 is 1.38 bits per heavy atom. The van der Waals surface area contributed by atoms with Gasteiger partial charge in [-0.05, 0) is 24.6 Å². The van der Waals surface area contributed by atoms with E-state index in [0.717, 1.165) is 17.8 Å². The molecule has 0 fully saturated rings. The molecule has 0 unspecified atom stereocenters. The van der Waals surface area contributed by atoms with Crippen LogP contribution in [0.3, 0.4) is 0 Å². The Kier molecular flexibility index (Phi) is 5.45. The van der Waals surface area contributed by atoms with E-state index in [-0.39, 0.29) is 23.6 Å². The van der Waals surface area contributed by atoms with Crippen LogP contribution in [-0.4, -0.2) is 28.8 Å². The van der Waals surface area contributed by atoms with Gasteiger partial charge in [0.15, 0.2) is 6.61 Å².